The minimum Gasteiger partial charge on any atom is -0.494 e. The number of hydrogen-bond donors (Lipinski definition) is 12. The Hall–Kier alpha value is -12.0. The summed E-state index contributed by atoms with van der Waals surface area (Å²) in [5.41, 5.74) is 19.7. The molecule has 1 aromatic heterocycles. The van der Waals surface area contributed by atoms with Crippen molar-refractivity contribution in [2.75, 3.05) is 44.4 Å². The third-order valence-electron chi connectivity index (χ3n) is 20.3. The summed E-state index contributed by atoms with van der Waals surface area (Å²) in [5, 5.41) is 75.0. The van der Waals surface area contributed by atoms with Gasteiger partial charge in [0.1, 0.15) is 29.7 Å². The smallest absolute Gasteiger partial charge is 0.305 e. The van der Waals surface area contributed by atoms with Gasteiger partial charge in [0.15, 0.2) is 29.0 Å². The van der Waals surface area contributed by atoms with Crippen LogP contribution in [0, 0.1) is 43.8 Å². The Morgan fingerprint density at radius 2 is 1.33 bits per heavy atom. The lowest BCUT2D eigenvalue weighted by Crippen LogP contribution is -2.55. The molecule has 0 fully saturated rings. The summed E-state index contributed by atoms with van der Waals surface area (Å²) >= 11 is 0.874. The van der Waals surface area contributed by atoms with Crippen molar-refractivity contribution in [3.63, 3.8) is 0 Å². The normalized spacial score (nSPS) is 14.5. The number of tetrazole rings is 1. The van der Waals surface area contributed by atoms with E-state index in [1.807, 2.05) is 69.3 Å². The van der Waals surface area contributed by atoms with Gasteiger partial charge in [-0.1, -0.05) is 114 Å². The van der Waals surface area contributed by atoms with Crippen molar-refractivity contribution in [2.45, 2.75) is 187 Å². The van der Waals surface area contributed by atoms with Gasteiger partial charge in [-0.25, -0.2) is 4.39 Å². The molecule has 120 heavy (non-hydrogen) atoms. The van der Waals surface area contributed by atoms with Crippen LogP contribution in [-0.2, 0) is 89.6 Å². The second-order valence-corrected chi connectivity index (χ2v) is 31.2. The van der Waals surface area contributed by atoms with E-state index < -0.39 is 199 Å². The third kappa shape index (κ3) is 28.9. The summed E-state index contributed by atoms with van der Waals surface area (Å²) in [5.74, 6) is -16.7. The zero-order valence-corrected chi connectivity index (χ0v) is 68.8. The molecule has 13 N–H and O–H groups in total. The number of ether oxygens (including phenoxy) is 1. The Morgan fingerprint density at radius 3 is 1.98 bits per heavy atom. The number of nitrogens with one attached hydrogen (secondary N) is 7. The van der Waals surface area contributed by atoms with Crippen LogP contribution in [0.2, 0.25) is 0 Å². The van der Waals surface area contributed by atoms with Crippen LogP contribution >= 0.6 is 11.8 Å². The number of aliphatic carboxylic acids is 1. The Kier molecular flexibility index (Phi) is 36.8. The number of rotatable bonds is 52. The molecule has 7 rings (SSSR count). The standard InChI is InChI=1S/C84H104FN15O19S/c1-8-54-37-59(119-31-12-11-28-89-97-87)23-25-60(54)55-21-19-52(20-22-55)36-57(79(114)91-64(78(86)113)17-13-14-53-33-48(3)32-49(4)34-53)38-68(105)66(41-75(111)112)92-80(115)58(44-101)39-69(106)76(50(5)102)94-83(118)84(7,42-56-15-9-10-16-63(56)85)43-70(107)77(51(6)103)93-72(108)27-26-67(104)65(40-71-95-98-99-96-71)90-74(110)46-120-45-73(109)88-29-30-100-81(116)61-24-18-47(2)35-62(61)82(100)117/h9-10,15-16,18-25,32-35,37,50-51,57-58,64-66,76-77,101-103H,8,11-14,17,26-31,36,38-46H2,1-7H3,(H2,86,113)(H,88,109)(H,90,110)(H,91,114)(H,92,115)(H,93,108)(H,94,118)(H,111,112)(H,95,96,98,99)/t50-,51-,57-,58+,64+,65+,66+,76+,77+,84-/m1/s1. The van der Waals surface area contributed by atoms with E-state index in [1.54, 1.807) is 37.3 Å². The molecule has 5 aromatic carbocycles. The van der Waals surface area contributed by atoms with Crippen LogP contribution in [0.3, 0.4) is 0 Å². The molecule has 1 aliphatic rings. The summed E-state index contributed by atoms with van der Waals surface area (Å²) in [7, 11) is 0. The first-order valence-corrected chi connectivity index (χ1v) is 40.6. The number of thioether (sulfide) groups is 1. The number of imide groups is 1. The van der Waals surface area contributed by atoms with E-state index in [0.29, 0.717) is 56.6 Å². The van der Waals surface area contributed by atoms with Crippen LogP contribution in [0.15, 0.2) is 108 Å². The van der Waals surface area contributed by atoms with Gasteiger partial charge < -0.3 is 62.8 Å². The van der Waals surface area contributed by atoms with Gasteiger partial charge in [0.25, 0.3) is 11.8 Å². The number of azide groups is 1. The number of aryl methyl sites for hydroxylation is 5. The first-order valence-electron chi connectivity index (χ1n) is 39.4. The van der Waals surface area contributed by atoms with Crippen LogP contribution in [-0.4, -0.2) is 215 Å². The molecule has 34 nitrogen and oxygen atoms in total. The van der Waals surface area contributed by atoms with E-state index >= 15 is 4.39 Å². The van der Waals surface area contributed by atoms with Crippen molar-refractivity contribution in [1.82, 2.24) is 57.4 Å². The molecule has 0 bridgehead atoms. The SMILES string of the molecule is CCc1cc(OCCCCN=[N+]=[N-])ccc1-c1ccc(C[C@H](CC(=O)[C@H](CC(=O)O)NC(=O)[C@H](CO)CC(=O)[C@@H](NC(=O)[C@@](C)(CC(=O)[C@@H](NC(=O)CCC(=O)[C@H](Cc2nn[nH]n2)NC(=O)CSCC(=O)NCCN2C(=O)c3ccc(C)cc3C2=O)[C@@H](C)O)Cc2ccccc2F)[C@@H](C)O)C(=O)N[C@@H](CCCc2cc(C)cc(C)c2)C(N)=O)cc1. The molecule has 9 amide bonds. The predicted molar refractivity (Wildman–Crippen MR) is 437 cm³/mol. The highest BCUT2D eigenvalue weighted by molar-refractivity contribution is 8.00. The molecule has 0 spiro atoms. The molecule has 6 aromatic rings. The maximum atomic E-state index is 15.6. The van der Waals surface area contributed by atoms with E-state index in [2.05, 4.69) is 62.6 Å². The summed E-state index contributed by atoms with van der Waals surface area (Å²) in [6.07, 6.45) is -6.54. The number of primary amides is 1. The zero-order chi connectivity index (χ0) is 87.9. The number of aromatic amines is 1. The van der Waals surface area contributed by atoms with Gasteiger partial charge in [-0.05, 0) is 155 Å². The van der Waals surface area contributed by atoms with Crippen LogP contribution in [0.5, 0.6) is 5.75 Å². The minimum atomic E-state index is -2.12. The van der Waals surface area contributed by atoms with E-state index in [-0.39, 0.29) is 66.4 Å². The number of amides is 9. The summed E-state index contributed by atoms with van der Waals surface area (Å²) in [4.78, 5) is 196. The molecule has 0 unspecified atom stereocenters. The lowest BCUT2D eigenvalue weighted by molar-refractivity contribution is -0.142. The number of hydrogen-bond acceptors (Lipinski definition) is 23. The number of carbonyl (C=O) groups excluding carboxylic acids is 13. The predicted octanol–water partition coefficient (Wildman–Crippen LogP) is 4.76. The summed E-state index contributed by atoms with van der Waals surface area (Å²) in [6, 6.07) is 20.5. The fraction of sp³-hybridized carbons (Fsp3) is 0.464. The maximum Gasteiger partial charge on any atom is 0.305 e. The molecule has 10 atom stereocenters. The molecule has 642 valence electrons. The zero-order valence-electron chi connectivity index (χ0n) is 68.0. The fourth-order valence-electron chi connectivity index (χ4n) is 13.9. The van der Waals surface area contributed by atoms with E-state index in [9.17, 15) is 87.5 Å². The van der Waals surface area contributed by atoms with Crippen molar-refractivity contribution in [3.05, 3.63) is 175 Å². The summed E-state index contributed by atoms with van der Waals surface area (Å²) in [6.45, 7) is 10.5. The van der Waals surface area contributed by atoms with E-state index in [1.165, 1.54) is 25.1 Å². The van der Waals surface area contributed by atoms with Gasteiger partial charge in [0.2, 0.25) is 41.4 Å². The third-order valence-corrected chi connectivity index (χ3v) is 21.2. The van der Waals surface area contributed by atoms with Crippen molar-refractivity contribution in [3.8, 4) is 16.9 Å². The molecule has 0 radical (unpaired) electrons. The van der Waals surface area contributed by atoms with Gasteiger partial charge in [-0.3, -0.25) is 72.0 Å². The topological polar surface area (TPSA) is 534 Å². The quantitative estimate of drug-likeness (QED) is 0.00805. The second kappa shape index (κ2) is 46.4. The number of nitrogens with two attached hydrogens (primary N) is 1. The molecule has 0 saturated carbocycles. The van der Waals surface area contributed by atoms with Gasteiger partial charge in [0.05, 0.1) is 77.9 Å². The van der Waals surface area contributed by atoms with Gasteiger partial charge in [-0.15, -0.1) is 22.0 Å². The van der Waals surface area contributed by atoms with Crippen LogP contribution in [0.4, 0.5) is 4.39 Å². The van der Waals surface area contributed by atoms with E-state index in [4.69, 9.17) is 16.0 Å². The maximum absolute atomic E-state index is 15.6. The number of carboxylic acids is 1. The molecule has 0 saturated heterocycles. The molecule has 2 heterocycles. The lowest BCUT2D eigenvalue weighted by Gasteiger charge is -2.33. The number of H-pyrrole nitrogens is 1. The molecular weight excluding hydrogens is 1570 g/mol. The van der Waals surface area contributed by atoms with Crippen molar-refractivity contribution < 1.29 is 96.7 Å². The van der Waals surface area contributed by atoms with Gasteiger partial charge in [-0.2, -0.15) is 5.21 Å². The number of fused-ring (bicyclic) bond motifs is 1. The first kappa shape index (κ1) is 95.2. The number of halogens is 1. The number of aliphatic hydroxyl groups excluding tert-OH is 3. The number of nitrogens with zero attached hydrogens (tertiary/aromatic N) is 7. The van der Waals surface area contributed by atoms with Crippen molar-refractivity contribution in [1.29, 1.82) is 0 Å². The highest BCUT2D eigenvalue weighted by Gasteiger charge is 2.43. The highest BCUT2D eigenvalue weighted by atomic mass is 32.2. The fourth-order valence-corrected chi connectivity index (χ4v) is 14.6. The number of aromatic nitrogens is 4. The molecule has 0 aliphatic carbocycles. The molecule has 1 aliphatic heterocycles. The van der Waals surface area contributed by atoms with Crippen LogP contribution in [0.1, 0.15) is 157 Å². The number of benzene rings is 5. The monoisotopic (exact) mass is 1680 g/mol. The van der Waals surface area contributed by atoms with Crippen LogP contribution < -0.4 is 42.4 Å². The first-order chi connectivity index (χ1) is 57.1. The number of carbonyl (C=O) groups is 14. The minimum absolute atomic E-state index is 0.0111. The average Bonchev–Trinajstić information content (AvgIpc) is 1.43. The average molecular weight is 1680 g/mol. The number of carboxylic acid groups (broad SMARTS) is 1. The van der Waals surface area contributed by atoms with E-state index in [0.717, 1.165) is 75.5 Å². The van der Waals surface area contributed by atoms with Crippen molar-refractivity contribution >= 4 is 94.0 Å². The summed E-state index contributed by atoms with van der Waals surface area (Å²) < 4.78 is 21.6. The van der Waals surface area contributed by atoms with Crippen molar-refractivity contribution in [2.24, 2.45) is 28.1 Å². The van der Waals surface area contributed by atoms with Crippen LogP contribution in [0.25, 0.3) is 21.6 Å². The van der Waals surface area contributed by atoms with Gasteiger partial charge in [0, 0.05) is 69.0 Å². The highest BCUT2D eigenvalue weighted by Crippen LogP contribution is 2.33. The van der Waals surface area contributed by atoms with Gasteiger partial charge >= 0.3 is 5.97 Å². The molecule has 36 heteroatoms. The lowest BCUT2D eigenvalue weighted by atomic mass is 9.76. The number of Topliss-reactive ketones (excluding diaryl/α,β-unsaturated/α-hetero) is 4. The molecular formula is C84H104FN15O19S. The number of aliphatic hydroxyl groups is 3. The largest absolute Gasteiger partial charge is 0.494 e. The second-order valence-electron chi connectivity index (χ2n) is 30.2. The Morgan fingerprint density at radius 1 is 0.675 bits per heavy atom. The Bertz CT molecular complexity index is 4710. The number of unbranched alkanes of at least 4 members (excludes halogenated alkanes) is 1. The Balaban J connectivity index is 1.00. The number of ketones is 4. The Labute approximate surface area is 696 Å².